The Morgan fingerprint density at radius 1 is 1.09 bits per heavy atom. The maximum Gasteiger partial charge on any atom is 0.243 e. The van der Waals surface area contributed by atoms with Crippen LogP contribution in [-0.4, -0.2) is 43.2 Å². The SMILES string of the molecule is COc1ccc(S(=O)(=O)N(CCc2ccccc2)CC(=O)Nc2ccc3sncc3c2)cc1C. The molecule has 7 nitrogen and oxygen atoms in total. The Hall–Kier alpha value is -3.27. The summed E-state index contributed by atoms with van der Waals surface area (Å²) in [5.41, 5.74) is 2.29. The molecule has 1 N–H and O–H groups in total. The second-order valence-corrected chi connectivity index (χ2v) is 10.6. The number of benzene rings is 3. The molecule has 0 aliphatic rings. The largest absolute Gasteiger partial charge is 0.496 e. The molecule has 1 amide bonds. The van der Waals surface area contributed by atoms with Gasteiger partial charge in [0.15, 0.2) is 0 Å². The van der Waals surface area contributed by atoms with Crippen LogP contribution < -0.4 is 10.1 Å². The molecular weight excluding hydrogens is 470 g/mol. The number of aromatic nitrogens is 1. The summed E-state index contributed by atoms with van der Waals surface area (Å²) in [6.07, 6.45) is 2.22. The van der Waals surface area contributed by atoms with Crippen LogP contribution >= 0.6 is 11.5 Å². The predicted molar refractivity (Wildman–Crippen MR) is 135 cm³/mol. The van der Waals surface area contributed by atoms with E-state index in [-0.39, 0.29) is 18.0 Å². The zero-order chi connectivity index (χ0) is 24.1. The molecule has 0 spiro atoms. The highest BCUT2D eigenvalue weighted by molar-refractivity contribution is 7.89. The van der Waals surface area contributed by atoms with Crippen LogP contribution in [0.1, 0.15) is 11.1 Å². The van der Waals surface area contributed by atoms with Crippen LogP contribution in [0.3, 0.4) is 0 Å². The van der Waals surface area contributed by atoms with E-state index in [1.165, 1.54) is 29.0 Å². The highest BCUT2D eigenvalue weighted by Crippen LogP contribution is 2.25. The standard InChI is InChI=1S/C25H25N3O4S2/c1-18-14-22(9-10-23(18)32-2)34(30,31)28(13-12-19-6-4-3-5-7-19)17-25(29)27-21-8-11-24-20(15-21)16-26-33-24/h3-11,14-16H,12-13,17H2,1-2H3,(H,27,29). The molecule has 4 rings (SSSR count). The number of nitrogens with one attached hydrogen (secondary N) is 1. The van der Waals surface area contributed by atoms with Gasteiger partial charge in [0.05, 0.1) is 23.2 Å². The van der Waals surface area contributed by atoms with Gasteiger partial charge in [0.25, 0.3) is 0 Å². The number of carbonyl (C=O) groups excluding carboxylic acids is 1. The number of anilines is 1. The first-order chi connectivity index (χ1) is 16.4. The van der Waals surface area contributed by atoms with Crippen molar-refractivity contribution in [3.05, 3.63) is 84.1 Å². The van der Waals surface area contributed by atoms with Crippen molar-refractivity contribution < 1.29 is 17.9 Å². The first kappa shape index (κ1) is 23.9. The van der Waals surface area contributed by atoms with Crippen molar-refractivity contribution in [2.45, 2.75) is 18.2 Å². The van der Waals surface area contributed by atoms with Gasteiger partial charge >= 0.3 is 0 Å². The van der Waals surface area contributed by atoms with E-state index in [9.17, 15) is 13.2 Å². The molecule has 1 heterocycles. The van der Waals surface area contributed by atoms with Gasteiger partial charge in [-0.3, -0.25) is 4.79 Å². The lowest BCUT2D eigenvalue weighted by Crippen LogP contribution is -2.39. The van der Waals surface area contributed by atoms with E-state index in [1.54, 1.807) is 31.3 Å². The third kappa shape index (κ3) is 5.44. The summed E-state index contributed by atoms with van der Waals surface area (Å²) < 4.78 is 38.7. The molecule has 0 bridgehead atoms. The molecule has 3 aromatic carbocycles. The molecular formula is C25H25N3O4S2. The summed E-state index contributed by atoms with van der Waals surface area (Å²) in [7, 11) is -2.38. The third-order valence-electron chi connectivity index (χ3n) is 5.45. The van der Waals surface area contributed by atoms with Gasteiger partial charge in [-0.2, -0.15) is 8.68 Å². The number of rotatable bonds is 9. The van der Waals surface area contributed by atoms with E-state index in [0.717, 1.165) is 15.6 Å². The molecule has 0 aliphatic heterocycles. The van der Waals surface area contributed by atoms with Crippen LogP contribution in [0.2, 0.25) is 0 Å². The van der Waals surface area contributed by atoms with Crippen molar-refractivity contribution in [2.24, 2.45) is 0 Å². The fraction of sp³-hybridized carbons (Fsp3) is 0.200. The Morgan fingerprint density at radius 2 is 1.88 bits per heavy atom. The van der Waals surface area contributed by atoms with Gasteiger partial charge in [-0.25, -0.2) is 8.42 Å². The van der Waals surface area contributed by atoms with E-state index < -0.39 is 15.9 Å². The first-order valence-corrected chi connectivity index (χ1v) is 12.9. The van der Waals surface area contributed by atoms with Crippen molar-refractivity contribution in [1.29, 1.82) is 0 Å². The summed E-state index contributed by atoms with van der Waals surface area (Å²) >= 11 is 1.38. The van der Waals surface area contributed by atoms with Crippen LogP contribution in [0.15, 0.2) is 77.8 Å². The van der Waals surface area contributed by atoms with E-state index >= 15 is 0 Å². The quantitative estimate of drug-likeness (QED) is 0.370. The Kier molecular flexibility index (Phi) is 7.26. The van der Waals surface area contributed by atoms with E-state index in [2.05, 4.69) is 9.69 Å². The van der Waals surface area contributed by atoms with Crippen LogP contribution in [-0.2, 0) is 21.2 Å². The molecule has 0 aliphatic carbocycles. The summed E-state index contributed by atoms with van der Waals surface area (Å²) in [4.78, 5) is 13.0. The van der Waals surface area contributed by atoms with Gasteiger partial charge in [0.1, 0.15) is 5.75 Å². The summed E-state index contributed by atoms with van der Waals surface area (Å²) in [6, 6.07) is 19.8. The Balaban J connectivity index is 1.57. The molecule has 0 atom stereocenters. The molecule has 34 heavy (non-hydrogen) atoms. The average molecular weight is 496 g/mol. The zero-order valence-electron chi connectivity index (χ0n) is 18.9. The van der Waals surface area contributed by atoms with Crippen LogP contribution in [0.25, 0.3) is 10.1 Å². The highest BCUT2D eigenvalue weighted by atomic mass is 32.2. The van der Waals surface area contributed by atoms with Crippen LogP contribution in [0, 0.1) is 6.92 Å². The molecule has 0 fully saturated rings. The number of ether oxygens (including phenoxy) is 1. The molecule has 0 saturated heterocycles. The van der Waals surface area contributed by atoms with E-state index in [0.29, 0.717) is 23.4 Å². The smallest absolute Gasteiger partial charge is 0.243 e. The highest BCUT2D eigenvalue weighted by Gasteiger charge is 2.27. The minimum absolute atomic E-state index is 0.123. The van der Waals surface area contributed by atoms with Gasteiger partial charge in [-0.1, -0.05) is 30.3 Å². The molecule has 0 saturated carbocycles. The summed E-state index contributed by atoms with van der Waals surface area (Å²) in [5.74, 6) is 0.190. The van der Waals surface area contributed by atoms with Gasteiger partial charge < -0.3 is 10.1 Å². The van der Waals surface area contributed by atoms with Crippen molar-refractivity contribution in [1.82, 2.24) is 8.68 Å². The van der Waals surface area contributed by atoms with Crippen molar-refractivity contribution >= 4 is 43.2 Å². The zero-order valence-corrected chi connectivity index (χ0v) is 20.5. The topological polar surface area (TPSA) is 88.6 Å². The molecule has 176 valence electrons. The van der Waals surface area contributed by atoms with Gasteiger partial charge in [0.2, 0.25) is 15.9 Å². The van der Waals surface area contributed by atoms with E-state index in [1.807, 2.05) is 42.5 Å². The Bertz CT molecular complexity index is 1400. The number of aryl methyl sites for hydroxylation is 1. The minimum atomic E-state index is -3.92. The van der Waals surface area contributed by atoms with Crippen molar-refractivity contribution in [2.75, 3.05) is 25.5 Å². The van der Waals surface area contributed by atoms with Crippen molar-refractivity contribution in [3.63, 3.8) is 0 Å². The lowest BCUT2D eigenvalue weighted by atomic mass is 10.1. The number of hydrogen-bond donors (Lipinski definition) is 1. The summed E-state index contributed by atoms with van der Waals surface area (Å²) in [6.45, 7) is 1.65. The van der Waals surface area contributed by atoms with Crippen LogP contribution in [0.5, 0.6) is 5.75 Å². The number of carbonyl (C=O) groups is 1. The molecule has 4 aromatic rings. The lowest BCUT2D eigenvalue weighted by molar-refractivity contribution is -0.116. The average Bonchev–Trinajstić information content (AvgIpc) is 3.30. The third-order valence-corrected chi connectivity index (χ3v) is 8.07. The number of sulfonamides is 1. The van der Waals surface area contributed by atoms with E-state index in [4.69, 9.17) is 4.74 Å². The molecule has 9 heteroatoms. The van der Waals surface area contributed by atoms with Gasteiger partial charge in [0, 0.05) is 23.8 Å². The minimum Gasteiger partial charge on any atom is -0.496 e. The maximum absolute atomic E-state index is 13.5. The number of hydrogen-bond acceptors (Lipinski definition) is 6. The molecule has 0 radical (unpaired) electrons. The lowest BCUT2D eigenvalue weighted by Gasteiger charge is -2.22. The monoisotopic (exact) mass is 495 g/mol. The number of amides is 1. The number of nitrogens with zero attached hydrogens (tertiary/aromatic N) is 2. The second kappa shape index (κ2) is 10.3. The predicted octanol–water partition coefficient (Wildman–Crippen LogP) is 4.49. The number of fused-ring (bicyclic) bond motifs is 1. The van der Waals surface area contributed by atoms with Crippen molar-refractivity contribution in [3.8, 4) is 5.75 Å². The fourth-order valence-electron chi connectivity index (χ4n) is 3.65. The van der Waals surface area contributed by atoms with Gasteiger partial charge in [-0.05, 0) is 72.4 Å². The second-order valence-electron chi connectivity index (χ2n) is 7.83. The van der Waals surface area contributed by atoms with Crippen LogP contribution in [0.4, 0.5) is 5.69 Å². The first-order valence-electron chi connectivity index (χ1n) is 10.7. The molecule has 0 unspecified atom stereocenters. The Morgan fingerprint density at radius 3 is 2.62 bits per heavy atom. The van der Waals surface area contributed by atoms with Gasteiger partial charge in [-0.15, -0.1) is 0 Å². The normalized spacial score (nSPS) is 11.6. The Labute approximate surface area is 203 Å². The molecule has 1 aromatic heterocycles. The fourth-order valence-corrected chi connectivity index (χ4v) is 5.76. The summed E-state index contributed by atoms with van der Waals surface area (Å²) in [5, 5.41) is 3.74. The number of methoxy groups -OCH3 is 1. The maximum atomic E-state index is 13.5.